The maximum Gasteiger partial charge on any atom is 0.249 e. The van der Waals surface area contributed by atoms with Gasteiger partial charge in [-0.05, 0) is 26.2 Å². The van der Waals surface area contributed by atoms with Gasteiger partial charge in [-0.25, -0.2) is 0 Å². The minimum absolute atomic E-state index is 0.00236. The van der Waals surface area contributed by atoms with Gasteiger partial charge in [-0.3, -0.25) is 9.48 Å². The monoisotopic (exact) mass is 318 g/mol. The van der Waals surface area contributed by atoms with Gasteiger partial charge in [0, 0.05) is 33.0 Å². The summed E-state index contributed by atoms with van der Waals surface area (Å²) in [6.07, 6.45) is 4.90. The molecule has 1 atom stereocenters. The molecule has 0 spiro atoms. The Labute approximate surface area is 135 Å². The second-order valence-electron chi connectivity index (χ2n) is 5.97. The van der Waals surface area contributed by atoms with E-state index in [0.29, 0.717) is 5.76 Å². The van der Waals surface area contributed by atoms with Gasteiger partial charge in [-0.15, -0.1) is 0 Å². The molecule has 1 aliphatic heterocycles. The van der Waals surface area contributed by atoms with E-state index in [4.69, 9.17) is 9.26 Å². The lowest BCUT2D eigenvalue weighted by Gasteiger charge is -2.35. The highest BCUT2D eigenvalue weighted by atomic mass is 16.5. The van der Waals surface area contributed by atoms with E-state index in [-0.39, 0.29) is 18.6 Å². The number of carbonyl (C=O) groups excluding carboxylic acids is 1. The Morgan fingerprint density at radius 3 is 3.00 bits per heavy atom. The Kier molecular flexibility index (Phi) is 4.47. The fourth-order valence-electron chi connectivity index (χ4n) is 3.15. The number of piperidine rings is 1. The van der Waals surface area contributed by atoms with Crippen LogP contribution in [0.15, 0.2) is 16.8 Å². The molecule has 1 fully saturated rings. The zero-order chi connectivity index (χ0) is 16.4. The number of aromatic nitrogens is 3. The van der Waals surface area contributed by atoms with Gasteiger partial charge in [-0.2, -0.15) is 5.10 Å². The van der Waals surface area contributed by atoms with Crippen LogP contribution in [0.4, 0.5) is 0 Å². The summed E-state index contributed by atoms with van der Waals surface area (Å²) in [5.74, 6) is 0.692. The van der Waals surface area contributed by atoms with Crippen molar-refractivity contribution >= 4 is 5.91 Å². The van der Waals surface area contributed by atoms with Crippen LogP contribution in [-0.4, -0.2) is 46.0 Å². The molecule has 2 aromatic rings. The van der Waals surface area contributed by atoms with E-state index in [1.54, 1.807) is 11.8 Å². The molecule has 0 aromatic carbocycles. The molecule has 3 rings (SSSR count). The van der Waals surface area contributed by atoms with Crippen LogP contribution in [0.25, 0.3) is 11.3 Å². The van der Waals surface area contributed by atoms with Gasteiger partial charge in [-0.1, -0.05) is 5.16 Å². The predicted molar refractivity (Wildman–Crippen MR) is 83.6 cm³/mol. The minimum Gasteiger partial charge on any atom is -0.375 e. The average Bonchev–Trinajstić information content (AvgIpc) is 3.13. The highest BCUT2D eigenvalue weighted by Gasteiger charge is 2.32. The molecule has 0 unspecified atom stereocenters. The van der Waals surface area contributed by atoms with Crippen molar-refractivity contribution in [2.24, 2.45) is 7.05 Å². The van der Waals surface area contributed by atoms with Crippen molar-refractivity contribution in [2.45, 2.75) is 32.2 Å². The number of hydrogen-bond acceptors (Lipinski definition) is 5. The first-order chi connectivity index (χ1) is 11.1. The predicted octanol–water partition coefficient (Wildman–Crippen LogP) is 2.08. The van der Waals surface area contributed by atoms with Crippen molar-refractivity contribution in [1.29, 1.82) is 0 Å². The molecule has 7 heteroatoms. The van der Waals surface area contributed by atoms with E-state index in [9.17, 15) is 4.79 Å². The fourth-order valence-corrected chi connectivity index (χ4v) is 3.15. The zero-order valence-electron chi connectivity index (χ0n) is 13.8. The van der Waals surface area contributed by atoms with Crippen LogP contribution >= 0.6 is 0 Å². The van der Waals surface area contributed by atoms with E-state index >= 15 is 0 Å². The maximum absolute atomic E-state index is 12.4. The summed E-state index contributed by atoms with van der Waals surface area (Å²) in [5, 5.41) is 8.57. The Balaban J connectivity index is 1.97. The van der Waals surface area contributed by atoms with Crippen molar-refractivity contribution < 1.29 is 14.1 Å². The fraction of sp³-hybridized carbons (Fsp3) is 0.562. The lowest BCUT2D eigenvalue weighted by Crippen LogP contribution is -2.40. The van der Waals surface area contributed by atoms with E-state index in [1.165, 1.54) is 0 Å². The summed E-state index contributed by atoms with van der Waals surface area (Å²) in [6.45, 7) is 2.72. The van der Waals surface area contributed by atoms with E-state index in [2.05, 4.69) is 10.3 Å². The molecule has 0 aliphatic carbocycles. The van der Waals surface area contributed by atoms with Crippen LogP contribution in [0, 0.1) is 6.92 Å². The Morgan fingerprint density at radius 1 is 1.48 bits per heavy atom. The minimum atomic E-state index is -0.0481. The zero-order valence-corrected chi connectivity index (χ0v) is 13.8. The quantitative estimate of drug-likeness (QED) is 0.863. The van der Waals surface area contributed by atoms with Gasteiger partial charge < -0.3 is 14.2 Å². The third-order valence-electron chi connectivity index (χ3n) is 4.16. The van der Waals surface area contributed by atoms with Gasteiger partial charge in [0.15, 0.2) is 5.76 Å². The lowest BCUT2D eigenvalue weighted by molar-refractivity contribution is -0.139. The summed E-state index contributed by atoms with van der Waals surface area (Å²) < 4.78 is 12.2. The van der Waals surface area contributed by atoms with Gasteiger partial charge in [0.2, 0.25) is 5.91 Å². The van der Waals surface area contributed by atoms with Crippen molar-refractivity contribution in [3.63, 3.8) is 0 Å². The van der Waals surface area contributed by atoms with Gasteiger partial charge in [0.1, 0.15) is 6.61 Å². The molecule has 1 amide bonds. The molecule has 0 radical (unpaired) electrons. The third kappa shape index (κ3) is 3.14. The van der Waals surface area contributed by atoms with Crippen LogP contribution in [0.3, 0.4) is 0 Å². The number of amides is 1. The Hall–Kier alpha value is -2.15. The van der Waals surface area contributed by atoms with E-state index < -0.39 is 0 Å². The number of aryl methyl sites for hydroxylation is 2. The number of ether oxygens (including phenoxy) is 1. The normalized spacial score (nSPS) is 18.4. The highest BCUT2D eigenvalue weighted by molar-refractivity contribution is 5.78. The maximum atomic E-state index is 12.4. The summed E-state index contributed by atoms with van der Waals surface area (Å²) in [5.41, 5.74) is 2.59. The van der Waals surface area contributed by atoms with Crippen molar-refractivity contribution in [3.05, 3.63) is 23.7 Å². The van der Waals surface area contributed by atoms with Gasteiger partial charge in [0.05, 0.1) is 23.0 Å². The lowest BCUT2D eigenvalue weighted by atomic mass is 9.96. The van der Waals surface area contributed by atoms with Crippen molar-refractivity contribution in [2.75, 3.05) is 20.3 Å². The van der Waals surface area contributed by atoms with Crippen LogP contribution in [0.1, 0.15) is 36.7 Å². The standard InChI is InChI=1S/C16H22N4O3/c1-11-8-14(23-18-11)12-9-19(2)17-16(12)13-6-4-5-7-20(13)15(21)10-22-3/h8-9,13H,4-7,10H2,1-3H3/t13-/m1/s1. The van der Waals surface area contributed by atoms with Crippen molar-refractivity contribution in [1.82, 2.24) is 19.8 Å². The second kappa shape index (κ2) is 6.54. The number of carbonyl (C=O) groups is 1. The van der Waals surface area contributed by atoms with Crippen LogP contribution in [0.5, 0.6) is 0 Å². The largest absolute Gasteiger partial charge is 0.375 e. The Bertz CT molecular complexity index is 691. The molecule has 124 valence electrons. The molecule has 7 nitrogen and oxygen atoms in total. The molecule has 0 N–H and O–H groups in total. The molecule has 2 aromatic heterocycles. The third-order valence-corrected chi connectivity index (χ3v) is 4.16. The van der Waals surface area contributed by atoms with Gasteiger partial charge >= 0.3 is 0 Å². The smallest absolute Gasteiger partial charge is 0.249 e. The van der Waals surface area contributed by atoms with Crippen LogP contribution in [-0.2, 0) is 16.6 Å². The molecule has 0 bridgehead atoms. The number of likely N-dealkylation sites (tertiary alicyclic amines) is 1. The summed E-state index contributed by atoms with van der Waals surface area (Å²) in [7, 11) is 3.42. The van der Waals surface area contributed by atoms with E-state index in [1.807, 2.05) is 31.1 Å². The second-order valence-corrected chi connectivity index (χ2v) is 5.97. The molecule has 1 aliphatic rings. The summed E-state index contributed by atoms with van der Waals surface area (Å²) in [4.78, 5) is 14.2. The van der Waals surface area contributed by atoms with Crippen molar-refractivity contribution in [3.8, 4) is 11.3 Å². The SMILES string of the molecule is COCC(=O)N1CCCC[C@@H]1c1nn(C)cc1-c1cc(C)no1. The molecule has 3 heterocycles. The number of methoxy groups -OCH3 is 1. The molecular weight excluding hydrogens is 296 g/mol. The molecule has 0 saturated carbocycles. The van der Waals surface area contributed by atoms with Gasteiger partial charge in [0.25, 0.3) is 0 Å². The molecule has 23 heavy (non-hydrogen) atoms. The summed E-state index contributed by atoms with van der Waals surface area (Å²) >= 11 is 0. The first-order valence-corrected chi connectivity index (χ1v) is 7.85. The van der Waals surface area contributed by atoms with Crippen LogP contribution < -0.4 is 0 Å². The first-order valence-electron chi connectivity index (χ1n) is 7.85. The number of nitrogens with zero attached hydrogens (tertiary/aromatic N) is 4. The number of hydrogen-bond donors (Lipinski definition) is 0. The summed E-state index contributed by atoms with van der Waals surface area (Å²) in [6, 6.07) is 1.85. The topological polar surface area (TPSA) is 73.4 Å². The van der Waals surface area contributed by atoms with E-state index in [0.717, 1.165) is 42.8 Å². The molecule has 1 saturated heterocycles. The highest BCUT2D eigenvalue weighted by Crippen LogP contribution is 2.36. The molecular formula is C16H22N4O3. The number of rotatable bonds is 4. The average molecular weight is 318 g/mol. The Morgan fingerprint density at radius 2 is 2.30 bits per heavy atom. The first kappa shape index (κ1) is 15.7. The van der Waals surface area contributed by atoms with Crippen LogP contribution in [0.2, 0.25) is 0 Å².